The number of rotatable bonds is 3. The molecule has 0 aromatic heterocycles. The van der Waals surface area contributed by atoms with Crippen LogP contribution < -0.4 is 4.90 Å². The molecule has 0 saturated carbocycles. The van der Waals surface area contributed by atoms with Gasteiger partial charge >= 0.3 is 0 Å². The third-order valence-corrected chi connectivity index (χ3v) is 4.87. The fourth-order valence-electron chi connectivity index (χ4n) is 3.46. The molecule has 0 spiro atoms. The van der Waals surface area contributed by atoms with Gasteiger partial charge in [-0.3, -0.25) is 14.9 Å². The fraction of sp³-hybridized carbons (Fsp3) is 0.588. The second kappa shape index (κ2) is 7.17. The molecule has 2 saturated heterocycles. The largest absolute Gasteiger partial charge is 0.366 e. The predicted octanol–water partition coefficient (Wildman–Crippen LogP) is 1.97. The Morgan fingerprint density at radius 3 is 2.50 bits per heavy atom. The van der Waals surface area contributed by atoms with Crippen molar-refractivity contribution in [2.75, 3.05) is 51.2 Å². The average molecular weight is 332 g/mol. The number of likely N-dealkylation sites (N-methyl/N-ethyl adjacent to an activating group) is 1. The molecule has 0 atom stereocenters. The van der Waals surface area contributed by atoms with Crippen molar-refractivity contribution in [3.05, 3.63) is 33.9 Å². The first-order chi connectivity index (χ1) is 11.6. The van der Waals surface area contributed by atoms with Gasteiger partial charge < -0.3 is 14.7 Å². The zero-order chi connectivity index (χ0) is 17.1. The molecule has 1 amide bonds. The van der Waals surface area contributed by atoms with Crippen molar-refractivity contribution in [3.63, 3.8) is 0 Å². The van der Waals surface area contributed by atoms with Crippen LogP contribution in [0.2, 0.25) is 0 Å². The van der Waals surface area contributed by atoms with Gasteiger partial charge in [0.15, 0.2) is 0 Å². The maximum Gasteiger partial charge on any atom is 0.293 e. The van der Waals surface area contributed by atoms with Gasteiger partial charge in [0, 0.05) is 44.4 Å². The van der Waals surface area contributed by atoms with Gasteiger partial charge in [0.2, 0.25) is 0 Å². The van der Waals surface area contributed by atoms with Crippen LogP contribution in [0.1, 0.15) is 29.6 Å². The first-order valence-corrected chi connectivity index (χ1v) is 8.57. The third-order valence-electron chi connectivity index (χ3n) is 4.87. The van der Waals surface area contributed by atoms with E-state index >= 15 is 0 Å². The van der Waals surface area contributed by atoms with Crippen LogP contribution in [0.25, 0.3) is 0 Å². The van der Waals surface area contributed by atoms with Gasteiger partial charge in [0.25, 0.3) is 11.6 Å². The molecule has 7 heteroatoms. The lowest BCUT2D eigenvalue weighted by Gasteiger charge is -2.22. The smallest absolute Gasteiger partial charge is 0.293 e. The van der Waals surface area contributed by atoms with Gasteiger partial charge in [0.1, 0.15) is 5.69 Å². The number of hydrogen-bond acceptors (Lipinski definition) is 5. The topological polar surface area (TPSA) is 69.9 Å². The number of nitrogens with zero attached hydrogens (tertiary/aromatic N) is 4. The molecule has 2 aliphatic heterocycles. The highest BCUT2D eigenvalue weighted by molar-refractivity contribution is 5.95. The normalized spacial score (nSPS) is 19.4. The quantitative estimate of drug-likeness (QED) is 0.625. The highest BCUT2D eigenvalue weighted by Gasteiger charge is 2.26. The number of anilines is 1. The van der Waals surface area contributed by atoms with E-state index in [9.17, 15) is 14.9 Å². The number of carbonyl (C=O) groups excluding carboxylic acids is 1. The summed E-state index contributed by atoms with van der Waals surface area (Å²) in [5.41, 5.74) is 1.08. The predicted molar refractivity (Wildman–Crippen MR) is 92.6 cm³/mol. The summed E-state index contributed by atoms with van der Waals surface area (Å²) in [6, 6.07) is 4.92. The lowest BCUT2D eigenvalue weighted by Crippen LogP contribution is -2.34. The number of nitro benzene ring substituents is 1. The van der Waals surface area contributed by atoms with E-state index in [1.54, 1.807) is 17.0 Å². The molecular formula is C17H24N4O3. The monoisotopic (exact) mass is 332 g/mol. The number of benzene rings is 1. The molecule has 2 aliphatic rings. The molecule has 7 nitrogen and oxygen atoms in total. The molecule has 1 aromatic carbocycles. The molecule has 0 unspecified atom stereocenters. The van der Waals surface area contributed by atoms with Gasteiger partial charge in [-0.25, -0.2) is 0 Å². The van der Waals surface area contributed by atoms with Crippen molar-refractivity contribution in [2.45, 2.75) is 19.3 Å². The first kappa shape index (κ1) is 16.7. The van der Waals surface area contributed by atoms with Crippen LogP contribution in [0.15, 0.2) is 18.2 Å². The summed E-state index contributed by atoms with van der Waals surface area (Å²) in [7, 11) is 2.05. The zero-order valence-corrected chi connectivity index (χ0v) is 14.1. The second-order valence-electron chi connectivity index (χ2n) is 6.60. The van der Waals surface area contributed by atoms with E-state index in [1.165, 1.54) is 6.07 Å². The van der Waals surface area contributed by atoms with Crippen LogP contribution in [0.4, 0.5) is 11.4 Å². The molecule has 0 aliphatic carbocycles. The Morgan fingerprint density at radius 1 is 1.04 bits per heavy atom. The second-order valence-corrected chi connectivity index (χ2v) is 6.60. The van der Waals surface area contributed by atoms with Crippen LogP contribution in [0, 0.1) is 10.1 Å². The summed E-state index contributed by atoms with van der Waals surface area (Å²) in [4.78, 5) is 29.9. The van der Waals surface area contributed by atoms with Crippen molar-refractivity contribution >= 4 is 17.3 Å². The van der Waals surface area contributed by atoms with E-state index in [4.69, 9.17) is 0 Å². The van der Waals surface area contributed by atoms with Crippen LogP contribution in [0.5, 0.6) is 0 Å². The molecule has 24 heavy (non-hydrogen) atoms. The van der Waals surface area contributed by atoms with Crippen LogP contribution in [-0.2, 0) is 0 Å². The summed E-state index contributed by atoms with van der Waals surface area (Å²) in [5, 5.41) is 11.5. The van der Waals surface area contributed by atoms with Crippen LogP contribution >= 0.6 is 0 Å². The summed E-state index contributed by atoms with van der Waals surface area (Å²) in [6.07, 6.45) is 3.04. The lowest BCUT2D eigenvalue weighted by atomic mass is 10.1. The molecular weight excluding hydrogens is 308 g/mol. The van der Waals surface area contributed by atoms with Gasteiger partial charge in [-0.2, -0.15) is 0 Å². The van der Waals surface area contributed by atoms with E-state index in [0.29, 0.717) is 24.3 Å². The minimum Gasteiger partial charge on any atom is -0.366 e. The standard InChI is InChI=1S/C17H24N4O3/c1-18-7-4-10-20(12-11-18)17(22)14-5-6-15(16(13-14)21(23)24)19-8-2-3-9-19/h5-6,13H,2-4,7-12H2,1H3. The van der Waals surface area contributed by atoms with Crippen molar-refractivity contribution in [1.82, 2.24) is 9.80 Å². The minimum atomic E-state index is -0.374. The molecule has 130 valence electrons. The summed E-state index contributed by atoms with van der Waals surface area (Å²) >= 11 is 0. The lowest BCUT2D eigenvalue weighted by molar-refractivity contribution is -0.384. The number of nitro groups is 1. The highest BCUT2D eigenvalue weighted by Crippen LogP contribution is 2.32. The van der Waals surface area contributed by atoms with E-state index in [2.05, 4.69) is 4.90 Å². The van der Waals surface area contributed by atoms with Gasteiger partial charge in [-0.05, 0) is 45.0 Å². The van der Waals surface area contributed by atoms with Crippen molar-refractivity contribution < 1.29 is 9.72 Å². The van der Waals surface area contributed by atoms with Crippen molar-refractivity contribution in [2.24, 2.45) is 0 Å². The Hall–Kier alpha value is -2.15. The first-order valence-electron chi connectivity index (χ1n) is 8.57. The van der Waals surface area contributed by atoms with E-state index in [-0.39, 0.29) is 16.5 Å². The Morgan fingerprint density at radius 2 is 1.79 bits per heavy atom. The van der Waals surface area contributed by atoms with E-state index in [0.717, 1.165) is 45.4 Å². The number of amides is 1. The van der Waals surface area contributed by atoms with Gasteiger partial charge in [-0.15, -0.1) is 0 Å². The average Bonchev–Trinajstić information content (AvgIpc) is 3.02. The Kier molecular flexibility index (Phi) is 4.99. The summed E-state index contributed by atoms with van der Waals surface area (Å²) in [5.74, 6) is -0.110. The molecule has 2 heterocycles. The van der Waals surface area contributed by atoms with Gasteiger partial charge in [0.05, 0.1) is 4.92 Å². The van der Waals surface area contributed by atoms with Gasteiger partial charge in [-0.1, -0.05) is 0 Å². The Balaban J connectivity index is 1.84. The summed E-state index contributed by atoms with van der Waals surface area (Å²) < 4.78 is 0. The maximum atomic E-state index is 12.7. The highest BCUT2D eigenvalue weighted by atomic mass is 16.6. The van der Waals surface area contributed by atoms with Crippen molar-refractivity contribution in [1.29, 1.82) is 0 Å². The molecule has 2 fully saturated rings. The molecule has 0 N–H and O–H groups in total. The van der Waals surface area contributed by atoms with Crippen LogP contribution in [0.3, 0.4) is 0 Å². The molecule has 3 rings (SSSR count). The van der Waals surface area contributed by atoms with E-state index < -0.39 is 0 Å². The SMILES string of the molecule is CN1CCCN(C(=O)c2ccc(N3CCCC3)c([N+](=O)[O-])c2)CC1. The fourth-order valence-corrected chi connectivity index (χ4v) is 3.46. The Bertz CT molecular complexity index is 628. The number of hydrogen-bond donors (Lipinski definition) is 0. The Labute approximate surface area is 142 Å². The third kappa shape index (κ3) is 3.51. The van der Waals surface area contributed by atoms with Crippen molar-refractivity contribution in [3.8, 4) is 0 Å². The molecule has 1 aromatic rings. The van der Waals surface area contributed by atoms with E-state index in [1.807, 2.05) is 11.9 Å². The number of carbonyl (C=O) groups is 1. The molecule has 0 bridgehead atoms. The summed E-state index contributed by atoms with van der Waals surface area (Å²) in [6.45, 7) is 4.85. The minimum absolute atomic E-state index is 0.0367. The maximum absolute atomic E-state index is 12.7. The zero-order valence-electron chi connectivity index (χ0n) is 14.1. The molecule has 0 radical (unpaired) electrons. The van der Waals surface area contributed by atoms with Crippen LogP contribution in [-0.4, -0.2) is 66.9 Å².